The van der Waals surface area contributed by atoms with Crippen LogP contribution in [0.15, 0.2) is 4.52 Å². The van der Waals surface area contributed by atoms with Gasteiger partial charge in [0.2, 0.25) is 5.89 Å². The predicted octanol–water partition coefficient (Wildman–Crippen LogP) is 1.34. The summed E-state index contributed by atoms with van der Waals surface area (Å²) in [6.45, 7) is 6.69. The molecule has 1 aliphatic heterocycles. The molecule has 1 atom stereocenters. The maximum absolute atomic E-state index is 5.28. The van der Waals surface area contributed by atoms with E-state index in [0.717, 1.165) is 31.2 Å². The van der Waals surface area contributed by atoms with Crippen LogP contribution in [0.3, 0.4) is 0 Å². The van der Waals surface area contributed by atoms with Crippen LogP contribution >= 0.6 is 0 Å². The first-order chi connectivity index (χ1) is 7.15. The lowest BCUT2D eigenvalue weighted by Gasteiger charge is -2.25. The third kappa shape index (κ3) is 1.67. The molecule has 4 heteroatoms. The Morgan fingerprint density at radius 2 is 2.20 bits per heavy atom. The van der Waals surface area contributed by atoms with E-state index in [9.17, 15) is 0 Å². The summed E-state index contributed by atoms with van der Waals surface area (Å²) in [5.41, 5.74) is 0.388. The lowest BCUT2D eigenvalue weighted by atomic mass is 10.00. The number of nitrogens with one attached hydrogen (secondary N) is 1. The van der Waals surface area contributed by atoms with Gasteiger partial charge in [-0.25, -0.2) is 0 Å². The van der Waals surface area contributed by atoms with Crippen molar-refractivity contribution >= 4 is 0 Å². The number of hydrogen-bond donors (Lipinski definition) is 1. The molecule has 1 saturated carbocycles. The summed E-state index contributed by atoms with van der Waals surface area (Å²) < 4.78 is 5.28. The van der Waals surface area contributed by atoms with Crippen LogP contribution in [0.25, 0.3) is 0 Å². The summed E-state index contributed by atoms with van der Waals surface area (Å²) in [7, 11) is 0. The normalized spacial score (nSPS) is 28.8. The first-order valence-corrected chi connectivity index (χ1v) is 5.68. The molecule has 3 rings (SSSR count). The van der Waals surface area contributed by atoms with Crippen LogP contribution in [0.2, 0.25) is 0 Å². The Morgan fingerprint density at radius 1 is 1.47 bits per heavy atom. The molecule has 0 bridgehead atoms. The Labute approximate surface area is 89.4 Å². The summed E-state index contributed by atoms with van der Waals surface area (Å²) in [6, 6.07) is 0. The second kappa shape index (κ2) is 3.04. The number of nitrogens with zero attached hydrogens (tertiary/aromatic N) is 2. The van der Waals surface area contributed by atoms with Crippen LogP contribution in [0.1, 0.15) is 37.9 Å². The minimum Gasteiger partial charge on any atom is -0.339 e. The smallest absolute Gasteiger partial charge is 0.227 e. The first kappa shape index (κ1) is 9.33. The minimum atomic E-state index is 0.388. The van der Waals surface area contributed by atoms with Gasteiger partial charge in [-0.15, -0.1) is 0 Å². The van der Waals surface area contributed by atoms with E-state index in [-0.39, 0.29) is 0 Å². The molecule has 0 aromatic carbocycles. The lowest BCUT2D eigenvalue weighted by Crippen LogP contribution is -2.43. The van der Waals surface area contributed by atoms with Crippen LogP contribution in [0.4, 0.5) is 0 Å². The van der Waals surface area contributed by atoms with Gasteiger partial charge in [0.25, 0.3) is 0 Å². The van der Waals surface area contributed by atoms with E-state index >= 15 is 0 Å². The molecule has 0 amide bonds. The first-order valence-electron chi connectivity index (χ1n) is 5.68. The fourth-order valence-corrected chi connectivity index (χ4v) is 2.14. The summed E-state index contributed by atoms with van der Waals surface area (Å²) in [5, 5.41) is 7.33. The van der Waals surface area contributed by atoms with Crippen LogP contribution in [0.5, 0.6) is 0 Å². The summed E-state index contributed by atoms with van der Waals surface area (Å²) in [5.74, 6) is 2.96. The molecular formula is C11H17N3O. The predicted molar refractivity (Wildman–Crippen MR) is 55.5 cm³/mol. The number of rotatable bonds is 3. The van der Waals surface area contributed by atoms with Gasteiger partial charge in [-0.1, -0.05) is 19.0 Å². The van der Waals surface area contributed by atoms with E-state index in [1.165, 1.54) is 6.42 Å². The van der Waals surface area contributed by atoms with Crippen molar-refractivity contribution in [3.8, 4) is 0 Å². The van der Waals surface area contributed by atoms with E-state index < -0.39 is 0 Å². The molecule has 1 unspecified atom stereocenters. The van der Waals surface area contributed by atoms with Gasteiger partial charge in [-0.2, -0.15) is 4.98 Å². The Bertz CT molecular complexity index is 368. The topological polar surface area (TPSA) is 51.0 Å². The summed E-state index contributed by atoms with van der Waals surface area (Å²) >= 11 is 0. The molecule has 15 heavy (non-hydrogen) atoms. The van der Waals surface area contributed by atoms with Gasteiger partial charge < -0.3 is 9.84 Å². The molecule has 1 aliphatic carbocycles. The largest absolute Gasteiger partial charge is 0.339 e. The summed E-state index contributed by atoms with van der Waals surface area (Å²) in [4.78, 5) is 4.48. The van der Waals surface area contributed by atoms with Crippen molar-refractivity contribution < 1.29 is 4.52 Å². The van der Waals surface area contributed by atoms with Crippen LogP contribution in [-0.2, 0) is 6.42 Å². The fraction of sp³-hybridized carbons (Fsp3) is 0.818. The third-order valence-electron chi connectivity index (χ3n) is 3.64. The molecule has 2 heterocycles. The van der Waals surface area contributed by atoms with Gasteiger partial charge in [-0.3, -0.25) is 0 Å². The summed E-state index contributed by atoms with van der Waals surface area (Å²) in [6.07, 6.45) is 2.13. The zero-order chi connectivity index (χ0) is 10.5. The molecular weight excluding hydrogens is 190 g/mol. The highest BCUT2D eigenvalue weighted by atomic mass is 16.5. The van der Waals surface area contributed by atoms with E-state index in [2.05, 4.69) is 29.3 Å². The van der Waals surface area contributed by atoms with E-state index in [1.807, 2.05) is 0 Å². The highest BCUT2D eigenvalue weighted by molar-refractivity contribution is 5.14. The Morgan fingerprint density at radius 3 is 2.73 bits per heavy atom. The lowest BCUT2D eigenvalue weighted by molar-refractivity contribution is 0.294. The fourth-order valence-electron chi connectivity index (χ4n) is 2.14. The number of hydrogen-bond acceptors (Lipinski definition) is 4. The van der Waals surface area contributed by atoms with Gasteiger partial charge in [0.1, 0.15) is 0 Å². The maximum Gasteiger partial charge on any atom is 0.227 e. The standard InChI is InChI=1S/C11H17N3O/c1-11(2)4-8(11)10-13-9(15-14-10)3-7-5-12-6-7/h7-8,12H,3-6H2,1-2H3. The third-order valence-corrected chi connectivity index (χ3v) is 3.64. The monoisotopic (exact) mass is 207 g/mol. The second-order valence-corrected chi connectivity index (χ2v) is 5.52. The number of aromatic nitrogens is 2. The Hall–Kier alpha value is -0.900. The van der Waals surface area contributed by atoms with Crippen LogP contribution in [0, 0.1) is 11.3 Å². The molecule has 82 valence electrons. The Balaban J connectivity index is 1.66. The van der Waals surface area contributed by atoms with Crippen molar-refractivity contribution in [2.75, 3.05) is 13.1 Å². The van der Waals surface area contributed by atoms with Gasteiger partial charge in [0.05, 0.1) is 0 Å². The molecule has 1 aromatic rings. The van der Waals surface area contributed by atoms with Gasteiger partial charge in [0.15, 0.2) is 5.82 Å². The average Bonchev–Trinajstić information content (AvgIpc) is 2.60. The molecule has 0 radical (unpaired) electrons. The van der Waals surface area contributed by atoms with Crippen molar-refractivity contribution in [1.29, 1.82) is 0 Å². The second-order valence-electron chi connectivity index (χ2n) is 5.52. The van der Waals surface area contributed by atoms with E-state index in [1.54, 1.807) is 0 Å². The van der Waals surface area contributed by atoms with Gasteiger partial charge >= 0.3 is 0 Å². The van der Waals surface area contributed by atoms with E-state index in [4.69, 9.17) is 4.52 Å². The average molecular weight is 207 g/mol. The van der Waals surface area contributed by atoms with Crippen molar-refractivity contribution in [2.24, 2.45) is 11.3 Å². The van der Waals surface area contributed by atoms with Crippen molar-refractivity contribution in [2.45, 2.75) is 32.6 Å². The molecule has 1 saturated heterocycles. The quantitative estimate of drug-likeness (QED) is 0.812. The van der Waals surface area contributed by atoms with E-state index in [0.29, 0.717) is 17.3 Å². The zero-order valence-corrected chi connectivity index (χ0v) is 9.29. The highest BCUT2D eigenvalue weighted by Crippen LogP contribution is 2.57. The zero-order valence-electron chi connectivity index (χ0n) is 9.29. The SMILES string of the molecule is CC1(C)CC1c1noc(CC2CNC2)n1. The van der Waals surface area contributed by atoms with Crippen molar-refractivity contribution in [3.05, 3.63) is 11.7 Å². The van der Waals surface area contributed by atoms with Gasteiger partial charge in [0, 0.05) is 12.3 Å². The molecule has 1 aromatic heterocycles. The molecule has 4 nitrogen and oxygen atoms in total. The minimum absolute atomic E-state index is 0.388. The van der Waals surface area contributed by atoms with Gasteiger partial charge in [-0.05, 0) is 30.8 Å². The maximum atomic E-state index is 5.28. The molecule has 2 fully saturated rings. The Kier molecular flexibility index (Phi) is 1.89. The van der Waals surface area contributed by atoms with Crippen molar-refractivity contribution in [3.63, 3.8) is 0 Å². The van der Waals surface area contributed by atoms with Crippen molar-refractivity contribution in [1.82, 2.24) is 15.5 Å². The van der Waals surface area contributed by atoms with Crippen LogP contribution in [-0.4, -0.2) is 23.2 Å². The highest BCUT2D eigenvalue weighted by Gasteiger charge is 2.49. The molecule has 0 spiro atoms. The molecule has 1 N–H and O–H groups in total. The molecule has 2 aliphatic rings. The van der Waals surface area contributed by atoms with Crippen LogP contribution < -0.4 is 5.32 Å².